The number of hydrogen-bond acceptors (Lipinski definition) is 3. The van der Waals surface area contributed by atoms with Crippen molar-refractivity contribution in [2.45, 2.75) is 71.6 Å². The SMILES string of the molecule is CCC1NC(c2ccc(C)s2)N(C2CCCC2(C)C)C1=O. The fraction of sp³-hybridized carbons (Fsp3) is 0.706. The highest BCUT2D eigenvalue weighted by atomic mass is 32.1. The normalized spacial score (nSPS) is 32.1. The molecule has 4 heteroatoms. The molecule has 2 aliphatic rings. The van der Waals surface area contributed by atoms with Crippen molar-refractivity contribution >= 4 is 17.2 Å². The molecule has 2 fully saturated rings. The summed E-state index contributed by atoms with van der Waals surface area (Å²) in [5.41, 5.74) is 0.227. The van der Waals surface area contributed by atoms with Crippen LogP contribution in [0.3, 0.4) is 0 Å². The van der Waals surface area contributed by atoms with Crippen LogP contribution in [0.5, 0.6) is 0 Å². The Morgan fingerprint density at radius 2 is 2.19 bits per heavy atom. The van der Waals surface area contributed by atoms with Crippen LogP contribution in [0.4, 0.5) is 0 Å². The van der Waals surface area contributed by atoms with Gasteiger partial charge in [-0.2, -0.15) is 0 Å². The van der Waals surface area contributed by atoms with Crippen molar-refractivity contribution in [2.75, 3.05) is 0 Å². The summed E-state index contributed by atoms with van der Waals surface area (Å²) in [4.78, 5) is 17.6. The van der Waals surface area contributed by atoms with Gasteiger partial charge in [-0.1, -0.05) is 27.2 Å². The summed E-state index contributed by atoms with van der Waals surface area (Å²) in [6.07, 6.45) is 4.52. The minimum absolute atomic E-state index is 0.0196. The molecule has 1 aromatic rings. The first kappa shape index (κ1) is 15.0. The fourth-order valence-corrected chi connectivity index (χ4v) is 4.86. The maximum absolute atomic E-state index is 12.9. The van der Waals surface area contributed by atoms with Crippen LogP contribution >= 0.6 is 11.3 Å². The molecule has 3 rings (SSSR count). The van der Waals surface area contributed by atoms with Crippen LogP contribution in [0.25, 0.3) is 0 Å². The minimum atomic E-state index is -0.0196. The van der Waals surface area contributed by atoms with E-state index < -0.39 is 0 Å². The van der Waals surface area contributed by atoms with Crippen LogP contribution in [0.1, 0.15) is 62.4 Å². The van der Waals surface area contributed by atoms with Gasteiger partial charge < -0.3 is 4.90 Å². The Kier molecular flexibility index (Phi) is 3.87. The molecule has 1 aliphatic carbocycles. The Morgan fingerprint density at radius 3 is 2.71 bits per heavy atom. The summed E-state index contributed by atoms with van der Waals surface area (Å²) in [6.45, 7) is 8.85. The number of nitrogens with one attached hydrogen (secondary N) is 1. The zero-order chi connectivity index (χ0) is 15.2. The van der Waals surface area contributed by atoms with E-state index in [1.165, 1.54) is 22.6 Å². The van der Waals surface area contributed by atoms with Crippen LogP contribution in [0.15, 0.2) is 12.1 Å². The molecule has 116 valence electrons. The van der Waals surface area contributed by atoms with Crippen LogP contribution < -0.4 is 5.32 Å². The molecule has 1 amide bonds. The van der Waals surface area contributed by atoms with Crippen LogP contribution in [-0.4, -0.2) is 22.9 Å². The summed E-state index contributed by atoms with van der Waals surface area (Å²) in [5, 5.41) is 3.57. The number of carbonyl (C=O) groups is 1. The van der Waals surface area contributed by atoms with Crippen LogP contribution in [0.2, 0.25) is 0 Å². The Bertz CT molecular complexity index is 537. The standard InChI is InChI=1S/C17H26N2OS/c1-5-12-16(20)19(14-7-6-10-17(14,3)4)15(18-12)13-9-8-11(2)21-13/h8-9,12,14-15,18H,5-7,10H2,1-4H3. The average Bonchev–Trinajstić information content (AvgIpc) is 3.07. The largest absolute Gasteiger partial charge is 0.317 e. The molecule has 1 aromatic heterocycles. The first-order valence-corrected chi connectivity index (χ1v) is 8.90. The van der Waals surface area contributed by atoms with Gasteiger partial charge in [-0.15, -0.1) is 11.3 Å². The third-order valence-electron chi connectivity index (χ3n) is 5.17. The van der Waals surface area contributed by atoms with Gasteiger partial charge in [0, 0.05) is 15.8 Å². The second-order valence-electron chi connectivity index (χ2n) is 7.12. The van der Waals surface area contributed by atoms with Gasteiger partial charge >= 0.3 is 0 Å². The lowest BCUT2D eigenvalue weighted by molar-refractivity contribution is -0.134. The van der Waals surface area contributed by atoms with Gasteiger partial charge in [-0.05, 0) is 43.7 Å². The predicted octanol–water partition coefficient (Wildman–Crippen LogP) is 3.84. The second-order valence-corrected chi connectivity index (χ2v) is 8.44. The monoisotopic (exact) mass is 306 g/mol. The van der Waals surface area contributed by atoms with Crippen LogP contribution in [-0.2, 0) is 4.79 Å². The summed E-state index contributed by atoms with van der Waals surface area (Å²) >= 11 is 1.81. The van der Waals surface area contributed by atoms with Gasteiger partial charge in [0.05, 0.1) is 6.04 Å². The maximum atomic E-state index is 12.9. The van der Waals surface area contributed by atoms with E-state index in [0.29, 0.717) is 11.9 Å². The zero-order valence-electron chi connectivity index (χ0n) is 13.5. The number of nitrogens with zero attached hydrogens (tertiary/aromatic N) is 1. The lowest BCUT2D eigenvalue weighted by Gasteiger charge is -2.38. The molecule has 0 bridgehead atoms. The quantitative estimate of drug-likeness (QED) is 0.920. The van der Waals surface area contributed by atoms with E-state index in [-0.39, 0.29) is 17.6 Å². The van der Waals surface area contributed by atoms with E-state index in [4.69, 9.17) is 0 Å². The molecule has 1 saturated carbocycles. The molecular weight excluding hydrogens is 280 g/mol. The Balaban J connectivity index is 1.95. The second kappa shape index (κ2) is 5.40. The van der Waals surface area contributed by atoms with Gasteiger partial charge in [0.25, 0.3) is 0 Å². The minimum Gasteiger partial charge on any atom is -0.317 e. The molecule has 0 radical (unpaired) electrons. The van der Waals surface area contributed by atoms with E-state index >= 15 is 0 Å². The molecule has 3 nitrogen and oxygen atoms in total. The lowest BCUT2D eigenvalue weighted by Crippen LogP contribution is -2.45. The third-order valence-corrected chi connectivity index (χ3v) is 6.22. The number of hydrogen-bond donors (Lipinski definition) is 1. The highest BCUT2D eigenvalue weighted by Gasteiger charge is 2.49. The van der Waals surface area contributed by atoms with Crippen molar-refractivity contribution in [1.82, 2.24) is 10.2 Å². The number of rotatable bonds is 3. The van der Waals surface area contributed by atoms with Gasteiger partial charge in [0.15, 0.2) is 0 Å². The molecule has 3 atom stereocenters. The molecule has 2 heterocycles. The van der Waals surface area contributed by atoms with E-state index in [9.17, 15) is 4.79 Å². The van der Waals surface area contributed by atoms with Crippen molar-refractivity contribution in [3.05, 3.63) is 21.9 Å². The van der Waals surface area contributed by atoms with Crippen LogP contribution in [0, 0.1) is 12.3 Å². The molecule has 0 spiro atoms. The molecule has 21 heavy (non-hydrogen) atoms. The topological polar surface area (TPSA) is 32.3 Å². The molecule has 0 aromatic carbocycles. The zero-order valence-corrected chi connectivity index (χ0v) is 14.3. The van der Waals surface area contributed by atoms with E-state index in [1.807, 2.05) is 0 Å². The first-order valence-electron chi connectivity index (χ1n) is 8.08. The van der Waals surface area contributed by atoms with Crippen molar-refractivity contribution in [3.8, 4) is 0 Å². The lowest BCUT2D eigenvalue weighted by atomic mass is 9.86. The molecular formula is C17H26N2OS. The van der Waals surface area contributed by atoms with Gasteiger partial charge in [-0.25, -0.2) is 0 Å². The molecule has 3 unspecified atom stereocenters. The van der Waals surface area contributed by atoms with E-state index in [0.717, 1.165) is 12.8 Å². The van der Waals surface area contributed by atoms with Crippen molar-refractivity contribution in [3.63, 3.8) is 0 Å². The van der Waals surface area contributed by atoms with Gasteiger partial charge in [0.1, 0.15) is 6.17 Å². The summed E-state index contributed by atoms with van der Waals surface area (Å²) in [5.74, 6) is 0.300. The molecule has 1 N–H and O–H groups in total. The molecule has 1 saturated heterocycles. The Morgan fingerprint density at radius 1 is 1.43 bits per heavy atom. The van der Waals surface area contributed by atoms with Gasteiger partial charge in [0.2, 0.25) is 5.91 Å². The number of aryl methyl sites for hydroxylation is 1. The maximum Gasteiger partial charge on any atom is 0.241 e. The van der Waals surface area contributed by atoms with Crippen molar-refractivity contribution in [2.24, 2.45) is 5.41 Å². The summed E-state index contributed by atoms with van der Waals surface area (Å²) in [7, 11) is 0. The summed E-state index contributed by atoms with van der Waals surface area (Å²) in [6, 6.07) is 4.68. The third kappa shape index (κ3) is 2.53. The predicted molar refractivity (Wildman–Crippen MR) is 87.3 cm³/mol. The average molecular weight is 306 g/mol. The Labute approximate surface area is 131 Å². The van der Waals surface area contributed by atoms with E-state index in [2.05, 4.69) is 50.0 Å². The fourth-order valence-electron chi connectivity index (χ4n) is 3.92. The van der Waals surface area contributed by atoms with Crippen molar-refractivity contribution < 1.29 is 4.79 Å². The smallest absolute Gasteiger partial charge is 0.241 e. The summed E-state index contributed by atoms with van der Waals surface area (Å²) < 4.78 is 0. The number of thiophene rings is 1. The molecule has 1 aliphatic heterocycles. The van der Waals surface area contributed by atoms with Crippen molar-refractivity contribution in [1.29, 1.82) is 0 Å². The highest BCUT2D eigenvalue weighted by Crippen LogP contribution is 2.45. The number of carbonyl (C=O) groups excluding carboxylic acids is 1. The highest BCUT2D eigenvalue weighted by molar-refractivity contribution is 7.12. The first-order chi connectivity index (χ1) is 9.94. The van der Waals surface area contributed by atoms with Gasteiger partial charge in [-0.3, -0.25) is 10.1 Å². The van der Waals surface area contributed by atoms with E-state index in [1.54, 1.807) is 11.3 Å². The Hall–Kier alpha value is -0.870. The number of amides is 1.